The van der Waals surface area contributed by atoms with Crippen LogP contribution in [0.15, 0.2) is 18.2 Å². The number of benzene rings is 1. The van der Waals surface area contributed by atoms with Crippen molar-refractivity contribution in [2.45, 2.75) is 38.1 Å². The standard InChI is InChI=1S/C13H19NO/c1-9-7-12(15-2)5-6-13(9)10-3-4-11(14)8-10/h5-7,10-11H,3-4,8,14H2,1-2H3. The maximum Gasteiger partial charge on any atom is 0.119 e. The molecule has 0 heterocycles. The van der Waals surface area contributed by atoms with Crippen LogP contribution in [0.4, 0.5) is 0 Å². The first-order chi connectivity index (χ1) is 7.20. The van der Waals surface area contributed by atoms with E-state index in [9.17, 15) is 0 Å². The van der Waals surface area contributed by atoms with Gasteiger partial charge in [-0.2, -0.15) is 0 Å². The first-order valence-electron chi connectivity index (χ1n) is 5.61. The van der Waals surface area contributed by atoms with Crippen molar-refractivity contribution in [2.75, 3.05) is 7.11 Å². The lowest BCUT2D eigenvalue weighted by atomic mass is 9.93. The van der Waals surface area contributed by atoms with Gasteiger partial charge in [0, 0.05) is 6.04 Å². The van der Waals surface area contributed by atoms with Gasteiger partial charge in [0.05, 0.1) is 7.11 Å². The molecule has 1 aliphatic carbocycles. The number of hydrogen-bond donors (Lipinski definition) is 1. The molecule has 2 rings (SSSR count). The predicted octanol–water partition coefficient (Wildman–Crippen LogP) is 2.60. The molecular weight excluding hydrogens is 186 g/mol. The molecule has 1 aromatic rings. The molecule has 0 amide bonds. The highest BCUT2D eigenvalue weighted by molar-refractivity contribution is 5.37. The van der Waals surface area contributed by atoms with Gasteiger partial charge in [-0.3, -0.25) is 0 Å². The Kier molecular flexibility index (Phi) is 2.96. The molecule has 0 saturated heterocycles. The fourth-order valence-corrected chi connectivity index (χ4v) is 2.53. The quantitative estimate of drug-likeness (QED) is 0.805. The van der Waals surface area contributed by atoms with Crippen LogP contribution in [0.3, 0.4) is 0 Å². The normalized spacial score (nSPS) is 25.5. The number of aryl methyl sites for hydroxylation is 1. The first-order valence-corrected chi connectivity index (χ1v) is 5.61. The summed E-state index contributed by atoms with van der Waals surface area (Å²) in [5, 5.41) is 0. The SMILES string of the molecule is COc1ccc(C2CCC(N)C2)c(C)c1. The zero-order valence-electron chi connectivity index (χ0n) is 9.49. The molecule has 1 saturated carbocycles. The summed E-state index contributed by atoms with van der Waals surface area (Å²) in [6.45, 7) is 2.15. The van der Waals surface area contributed by atoms with Gasteiger partial charge < -0.3 is 10.5 Å². The molecule has 2 unspecified atom stereocenters. The first kappa shape index (κ1) is 10.5. The van der Waals surface area contributed by atoms with E-state index in [1.54, 1.807) is 7.11 Å². The van der Waals surface area contributed by atoms with E-state index in [4.69, 9.17) is 10.5 Å². The van der Waals surface area contributed by atoms with Crippen molar-refractivity contribution < 1.29 is 4.74 Å². The third kappa shape index (κ3) is 2.15. The van der Waals surface area contributed by atoms with Gasteiger partial charge in [0.25, 0.3) is 0 Å². The van der Waals surface area contributed by atoms with Crippen LogP contribution in [0, 0.1) is 6.92 Å². The molecule has 2 atom stereocenters. The van der Waals surface area contributed by atoms with E-state index >= 15 is 0 Å². The Morgan fingerprint density at radius 2 is 2.13 bits per heavy atom. The van der Waals surface area contributed by atoms with Crippen LogP contribution >= 0.6 is 0 Å². The number of ether oxygens (including phenoxy) is 1. The molecule has 15 heavy (non-hydrogen) atoms. The zero-order valence-corrected chi connectivity index (χ0v) is 9.49. The summed E-state index contributed by atoms with van der Waals surface area (Å²) in [4.78, 5) is 0. The van der Waals surface area contributed by atoms with Crippen molar-refractivity contribution in [3.05, 3.63) is 29.3 Å². The van der Waals surface area contributed by atoms with E-state index in [2.05, 4.69) is 19.1 Å². The van der Waals surface area contributed by atoms with Crippen LogP contribution in [0.2, 0.25) is 0 Å². The molecule has 2 heteroatoms. The highest BCUT2D eigenvalue weighted by Gasteiger charge is 2.24. The molecular formula is C13H19NO. The molecule has 0 aromatic heterocycles. The van der Waals surface area contributed by atoms with Crippen molar-refractivity contribution in [1.29, 1.82) is 0 Å². The maximum atomic E-state index is 5.94. The lowest BCUT2D eigenvalue weighted by molar-refractivity contribution is 0.414. The second-order valence-corrected chi connectivity index (χ2v) is 4.49. The molecule has 1 aromatic carbocycles. The Morgan fingerprint density at radius 1 is 1.33 bits per heavy atom. The fraction of sp³-hybridized carbons (Fsp3) is 0.538. The molecule has 0 spiro atoms. The Bertz CT molecular complexity index is 348. The Morgan fingerprint density at radius 3 is 2.67 bits per heavy atom. The minimum Gasteiger partial charge on any atom is -0.497 e. The summed E-state index contributed by atoms with van der Waals surface area (Å²) in [6, 6.07) is 6.75. The topological polar surface area (TPSA) is 35.2 Å². The average molecular weight is 205 g/mol. The summed E-state index contributed by atoms with van der Waals surface area (Å²) >= 11 is 0. The second kappa shape index (κ2) is 4.23. The fourth-order valence-electron chi connectivity index (χ4n) is 2.53. The van der Waals surface area contributed by atoms with E-state index in [1.807, 2.05) is 6.07 Å². The number of rotatable bonds is 2. The molecule has 0 bridgehead atoms. The third-order valence-electron chi connectivity index (χ3n) is 3.39. The Hall–Kier alpha value is -1.02. The predicted molar refractivity (Wildman–Crippen MR) is 62.3 cm³/mol. The average Bonchev–Trinajstić information content (AvgIpc) is 2.64. The van der Waals surface area contributed by atoms with Gasteiger partial charge in [-0.1, -0.05) is 6.07 Å². The van der Waals surface area contributed by atoms with Crippen molar-refractivity contribution in [3.63, 3.8) is 0 Å². The van der Waals surface area contributed by atoms with E-state index in [-0.39, 0.29) is 0 Å². The van der Waals surface area contributed by atoms with E-state index in [0.717, 1.165) is 18.6 Å². The number of hydrogen-bond acceptors (Lipinski definition) is 2. The van der Waals surface area contributed by atoms with E-state index in [0.29, 0.717) is 12.0 Å². The highest BCUT2D eigenvalue weighted by Crippen LogP contribution is 2.36. The number of methoxy groups -OCH3 is 1. The monoisotopic (exact) mass is 205 g/mol. The van der Waals surface area contributed by atoms with Gasteiger partial charge in [0.1, 0.15) is 5.75 Å². The minimum absolute atomic E-state index is 0.400. The second-order valence-electron chi connectivity index (χ2n) is 4.49. The van der Waals surface area contributed by atoms with E-state index in [1.165, 1.54) is 17.5 Å². The Balaban J connectivity index is 2.21. The maximum absolute atomic E-state index is 5.94. The van der Waals surface area contributed by atoms with Crippen LogP contribution in [-0.4, -0.2) is 13.2 Å². The third-order valence-corrected chi connectivity index (χ3v) is 3.39. The van der Waals surface area contributed by atoms with Gasteiger partial charge in [-0.25, -0.2) is 0 Å². The summed E-state index contributed by atoms with van der Waals surface area (Å²) < 4.78 is 5.21. The zero-order chi connectivity index (χ0) is 10.8. The molecule has 82 valence electrons. The summed E-state index contributed by atoms with van der Waals surface area (Å²) in [7, 11) is 1.71. The molecule has 1 aliphatic rings. The Labute approximate surface area is 91.4 Å². The van der Waals surface area contributed by atoms with Crippen LogP contribution in [-0.2, 0) is 0 Å². The minimum atomic E-state index is 0.400. The lowest BCUT2D eigenvalue weighted by Crippen LogP contribution is -2.14. The van der Waals surface area contributed by atoms with Crippen LogP contribution in [0.1, 0.15) is 36.3 Å². The van der Waals surface area contributed by atoms with Gasteiger partial charge in [0.2, 0.25) is 0 Å². The smallest absolute Gasteiger partial charge is 0.119 e. The van der Waals surface area contributed by atoms with Crippen LogP contribution in [0.5, 0.6) is 5.75 Å². The van der Waals surface area contributed by atoms with Gasteiger partial charge >= 0.3 is 0 Å². The molecule has 0 aliphatic heterocycles. The van der Waals surface area contributed by atoms with Crippen molar-refractivity contribution in [3.8, 4) is 5.75 Å². The van der Waals surface area contributed by atoms with Crippen molar-refractivity contribution >= 4 is 0 Å². The summed E-state index contributed by atoms with van der Waals surface area (Å²) in [6.07, 6.45) is 3.53. The van der Waals surface area contributed by atoms with Gasteiger partial charge in [0.15, 0.2) is 0 Å². The number of nitrogens with two attached hydrogens (primary N) is 1. The molecule has 2 nitrogen and oxygen atoms in total. The van der Waals surface area contributed by atoms with Crippen LogP contribution < -0.4 is 10.5 Å². The summed E-state index contributed by atoms with van der Waals surface area (Å²) in [5.41, 5.74) is 8.72. The molecule has 1 fully saturated rings. The van der Waals surface area contributed by atoms with Crippen molar-refractivity contribution in [1.82, 2.24) is 0 Å². The van der Waals surface area contributed by atoms with Gasteiger partial charge in [-0.15, -0.1) is 0 Å². The van der Waals surface area contributed by atoms with E-state index < -0.39 is 0 Å². The summed E-state index contributed by atoms with van der Waals surface area (Å²) in [5.74, 6) is 1.60. The highest BCUT2D eigenvalue weighted by atomic mass is 16.5. The van der Waals surface area contributed by atoms with Crippen molar-refractivity contribution in [2.24, 2.45) is 5.73 Å². The van der Waals surface area contributed by atoms with Crippen LogP contribution in [0.25, 0.3) is 0 Å². The van der Waals surface area contributed by atoms with Gasteiger partial charge in [-0.05, 0) is 55.4 Å². The molecule has 0 radical (unpaired) electrons. The largest absolute Gasteiger partial charge is 0.497 e. The molecule has 2 N–H and O–H groups in total. The lowest BCUT2D eigenvalue weighted by Gasteiger charge is -2.14.